The number of aryl methyl sites for hydroxylation is 1. The third-order valence-electron chi connectivity index (χ3n) is 4.16. The van der Waals surface area contributed by atoms with Crippen molar-refractivity contribution in [2.75, 3.05) is 10.0 Å². The molecule has 4 rings (SSSR count). The first kappa shape index (κ1) is 21.7. The molecule has 0 bridgehead atoms. The molecule has 0 spiro atoms. The van der Waals surface area contributed by atoms with Gasteiger partial charge in [-0.2, -0.15) is 0 Å². The number of hydrogen-bond acceptors (Lipinski definition) is 7. The topological polar surface area (TPSA) is 84.0 Å². The van der Waals surface area contributed by atoms with Crippen LogP contribution in [-0.2, 0) is 16.4 Å². The zero-order chi connectivity index (χ0) is 22.0. The lowest BCUT2D eigenvalue weighted by Gasteiger charge is -2.08. The lowest BCUT2D eigenvalue weighted by Crippen LogP contribution is -2.14. The fraction of sp³-hybridized carbons (Fsp3) is 0.100. The van der Waals surface area contributed by atoms with Crippen LogP contribution in [0.25, 0.3) is 0 Å². The van der Waals surface area contributed by atoms with Gasteiger partial charge in [0, 0.05) is 27.9 Å². The predicted molar refractivity (Wildman–Crippen MR) is 124 cm³/mol. The van der Waals surface area contributed by atoms with Crippen molar-refractivity contribution in [1.82, 2.24) is 9.97 Å². The Morgan fingerprint density at radius 1 is 1.03 bits per heavy atom. The van der Waals surface area contributed by atoms with Gasteiger partial charge in [0.1, 0.15) is 10.7 Å². The van der Waals surface area contributed by atoms with Gasteiger partial charge in [0.15, 0.2) is 10.3 Å². The minimum atomic E-state index is -4.08. The quantitative estimate of drug-likeness (QED) is 0.337. The molecule has 0 aliphatic heterocycles. The zero-order valence-corrected chi connectivity index (χ0v) is 19.3. The van der Waals surface area contributed by atoms with E-state index in [1.54, 1.807) is 12.3 Å². The fourth-order valence-corrected chi connectivity index (χ4v) is 5.61. The first-order valence-electron chi connectivity index (χ1n) is 8.99. The summed E-state index contributed by atoms with van der Waals surface area (Å²) in [6.45, 7) is 1.74. The van der Waals surface area contributed by atoms with Crippen LogP contribution in [0.3, 0.4) is 0 Å². The molecule has 31 heavy (non-hydrogen) atoms. The number of sulfonamides is 1. The maximum Gasteiger partial charge on any atom is 0.266 e. The maximum absolute atomic E-state index is 14.6. The number of nitrogens with zero attached hydrogens (tertiary/aromatic N) is 2. The third-order valence-corrected chi connectivity index (χ3v) is 7.60. The molecule has 6 nitrogen and oxygen atoms in total. The van der Waals surface area contributed by atoms with Crippen LogP contribution in [0.1, 0.15) is 17.0 Å². The smallest absolute Gasteiger partial charge is 0.266 e. The van der Waals surface area contributed by atoms with E-state index in [0.717, 1.165) is 28.7 Å². The second-order valence-electron chi connectivity index (χ2n) is 6.62. The minimum absolute atomic E-state index is 0.190. The van der Waals surface area contributed by atoms with Crippen molar-refractivity contribution >= 4 is 60.2 Å². The SMILES string of the molecule is Cc1csc(NS(=O)(=O)c2ccc(Nc3nc(Cc4ccc(Cl)cc4)cs3)cc2F)n1. The van der Waals surface area contributed by atoms with E-state index in [0.29, 0.717) is 28.0 Å². The zero-order valence-electron chi connectivity index (χ0n) is 16.1. The average molecular weight is 495 g/mol. The highest BCUT2D eigenvalue weighted by molar-refractivity contribution is 7.93. The molecule has 2 aromatic heterocycles. The monoisotopic (exact) mass is 494 g/mol. The molecule has 0 fully saturated rings. The van der Waals surface area contributed by atoms with E-state index < -0.39 is 20.7 Å². The van der Waals surface area contributed by atoms with Gasteiger partial charge in [-0.25, -0.2) is 22.8 Å². The van der Waals surface area contributed by atoms with Gasteiger partial charge in [-0.15, -0.1) is 22.7 Å². The Morgan fingerprint density at radius 3 is 2.45 bits per heavy atom. The first-order chi connectivity index (χ1) is 14.8. The summed E-state index contributed by atoms with van der Waals surface area (Å²) < 4.78 is 41.8. The van der Waals surface area contributed by atoms with Gasteiger partial charge in [-0.05, 0) is 42.8 Å². The lowest BCUT2D eigenvalue weighted by molar-refractivity contribution is 0.570. The van der Waals surface area contributed by atoms with E-state index >= 15 is 0 Å². The van der Waals surface area contributed by atoms with Crippen LogP contribution in [-0.4, -0.2) is 18.4 Å². The molecule has 2 heterocycles. The molecule has 11 heteroatoms. The Morgan fingerprint density at radius 2 is 1.77 bits per heavy atom. The Labute approximate surface area is 191 Å². The van der Waals surface area contributed by atoms with Crippen molar-refractivity contribution < 1.29 is 12.8 Å². The van der Waals surface area contributed by atoms with E-state index in [2.05, 4.69) is 20.0 Å². The highest BCUT2D eigenvalue weighted by atomic mass is 35.5. The molecule has 0 saturated heterocycles. The van der Waals surface area contributed by atoms with Crippen molar-refractivity contribution in [3.8, 4) is 0 Å². The summed E-state index contributed by atoms with van der Waals surface area (Å²) in [4.78, 5) is 8.09. The maximum atomic E-state index is 14.6. The Balaban J connectivity index is 1.46. The van der Waals surface area contributed by atoms with Crippen LogP contribution < -0.4 is 10.0 Å². The van der Waals surface area contributed by atoms with Crippen LogP contribution in [0.4, 0.5) is 20.3 Å². The molecule has 0 radical (unpaired) electrons. The molecule has 0 aliphatic carbocycles. The average Bonchev–Trinajstić information content (AvgIpc) is 3.31. The summed E-state index contributed by atoms with van der Waals surface area (Å²) >= 11 is 8.42. The standard InChI is InChI=1S/C20H16ClFN4O2S3/c1-12-10-29-20(23-12)26-31(27,28)18-7-6-15(9-17(18)22)24-19-25-16(11-30-19)8-13-2-4-14(21)5-3-13/h2-7,9-11H,8H2,1H3,(H,23,26)(H,24,25). The van der Waals surface area contributed by atoms with Crippen molar-refractivity contribution in [2.45, 2.75) is 18.2 Å². The summed E-state index contributed by atoms with van der Waals surface area (Å²) in [5.41, 5.74) is 3.01. The summed E-state index contributed by atoms with van der Waals surface area (Å²) in [5.74, 6) is -0.872. The Kier molecular flexibility index (Phi) is 6.24. The van der Waals surface area contributed by atoms with Crippen molar-refractivity contribution in [3.05, 3.63) is 81.0 Å². The summed E-state index contributed by atoms with van der Waals surface area (Å²) in [5, 5.41) is 8.07. The van der Waals surface area contributed by atoms with Gasteiger partial charge in [0.05, 0.1) is 11.4 Å². The van der Waals surface area contributed by atoms with Gasteiger partial charge in [-0.3, -0.25) is 4.72 Å². The molecular formula is C20H16ClFN4O2S3. The van der Waals surface area contributed by atoms with Gasteiger partial charge in [0.25, 0.3) is 10.0 Å². The largest absolute Gasteiger partial charge is 0.331 e. The number of nitrogens with one attached hydrogen (secondary N) is 2. The minimum Gasteiger partial charge on any atom is -0.331 e. The Bertz CT molecular complexity index is 1320. The van der Waals surface area contributed by atoms with Crippen LogP contribution in [0.15, 0.2) is 58.1 Å². The van der Waals surface area contributed by atoms with Gasteiger partial charge >= 0.3 is 0 Å². The molecular weight excluding hydrogens is 479 g/mol. The summed E-state index contributed by atoms with van der Waals surface area (Å²) in [6.07, 6.45) is 0.642. The van der Waals surface area contributed by atoms with Crippen molar-refractivity contribution in [2.24, 2.45) is 0 Å². The van der Waals surface area contributed by atoms with E-state index in [4.69, 9.17) is 11.6 Å². The van der Waals surface area contributed by atoms with Crippen molar-refractivity contribution in [1.29, 1.82) is 0 Å². The normalized spacial score (nSPS) is 11.5. The molecule has 4 aromatic rings. The number of rotatable bonds is 7. The molecule has 0 aliphatic rings. The van der Waals surface area contributed by atoms with Gasteiger partial charge < -0.3 is 5.32 Å². The Hall–Kier alpha value is -2.53. The molecule has 160 valence electrons. The number of anilines is 3. The van der Waals surface area contributed by atoms with Crippen molar-refractivity contribution in [3.63, 3.8) is 0 Å². The number of hydrogen-bond donors (Lipinski definition) is 2. The molecule has 0 unspecified atom stereocenters. The number of thiazole rings is 2. The van der Waals surface area contributed by atoms with E-state index in [9.17, 15) is 12.8 Å². The molecule has 0 saturated carbocycles. The molecule has 2 N–H and O–H groups in total. The number of aromatic nitrogens is 2. The fourth-order valence-electron chi connectivity index (χ4n) is 2.75. The van der Waals surface area contributed by atoms with Crippen LogP contribution in [0.5, 0.6) is 0 Å². The second kappa shape index (κ2) is 8.91. The predicted octanol–water partition coefficient (Wildman–Crippen LogP) is 5.84. The van der Waals surface area contributed by atoms with Crippen LogP contribution in [0, 0.1) is 12.7 Å². The highest BCUT2D eigenvalue weighted by Gasteiger charge is 2.21. The summed E-state index contributed by atoms with van der Waals surface area (Å²) in [6, 6.07) is 11.3. The number of benzene rings is 2. The van der Waals surface area contributed by atoms with Crippen LogP contribution >= 0.6 is 34.3 Å². The third kappa shape index (κ3) is 5.40. The van der Waals surface area contributed by atoms with Crippen LogP contribution in [0.2, 0.25) is 5.02 Å². The van der Waals surface area contributed by atoms with Gasteiger partial charge in [0.2, 0.25) is 0 Å². The molecule has 0 atom stereocenters. The van der Waals surface area contributed by atoms with E-state index in [1.807, 2.05) is 29.6 Å². The lowest BCUT2D eigenvalue weighted by atomic mass is 10.1. The highest BCUT2D eigenvalue weighted by Crippen LogP contribution is 2.27. The second-order valence-corrected chi connectivity index (χ2v) is 10.4. The first-order valence-corrected chi connectivity index (χ1v) is 12.6. The van der Waals surface area contributed by atoms with E-state index in [1.165, 1.54) is 23.5 Å². The molecule has 2 aromatic carbocycles. The van der Waals surface area contributed by atoms with Gasteiger partial charge in [-0.1, -0.05) is 23.7 Å². The number of halogens is 2. The molecule has 0 amide bonds. The van der Waals surface area contributed by atoms with E-state index in [-0.39, 0.29) is 5.13 Å². The summed E-state index contributed by atoms with van der Waals surface area (Å²) in [7, 11) is -4.08.